The highest BCUT2D eigenvalue weighted by molar-refractivity contribution is 5.91. The van der Waals surface area contributed by atoms with E-state index in [1.165, 1.54) is 6.08 Å². The molecular formula is C25H43NO7. The van der Waals surface area contributed by atoms with Crippen LogP contribution in [0.1, 0.15) is 54.4 Å². The van der Waals surface area contributed by atoms with E-state index >= 15 is 0 Å². The molecule has 2 aliphatic heterocycles. The summed E-state index contributed by atoms with van der Waals surface area (Å²) < 4.78 is 18.0. The van der Waals surface area contributed by atoms with Crippen LogP contribution in [0.2, 0.25) is 0 Å². The number of rotatable bonds is 4. The molecule has 0 bridgehead atoms. The molecule has 33 heavy (non-hydrogen) atoms. The lowest BCUT2D eigenvalue weighted by Crippen LogP contribution is -2.56. The van der Waals surface area contributed by atoms with Crippen molar-refractivity contribution in [3.05, 3.63) is 12.2 Å². The third kappa shape index (κ3) is 7.09. The molecule has 0 amide bonds. The molecule has 0 spiro atoms. The molecule has 1 saturated heterocycles. The third-order valence-electron chi connectivity index (χ3n) is 7.01. The zero-order valence-electron chi connectivity index (χ0n) is 21.3. The van der Waals surface area contributed by atoms with E-state index in [4.69, 9.17) is 14.2 Å². The van der Waals surface area contributed by atoms with Crippen LogP contribution in [0, 0.1) is 23.7 Å². The van der Waals surface area contributed by atoms with E-state index in [2.05, 4.69) is 0 Å². The second-order valence-electron chi connectivity index (χ2n) is 10.3. The van der Waals surface area contributed by atoms with Crippen molar-refractivity contribution in [2.24, 2.45) is 23.7 Å². The molecule has 8 heteroatoms. The van der Waals surface area contributed by atoms with Crippen molar-refractivity contribution in [3.8, 4) is 0 Å². The number of ether oxygens (including phenoxy) is 3. The van der Waals surface area contributed by atoms with Gasteiger partial charge in [0.2, 0.25) is 0 Å². The van der Waals surface area contributed by atoms with Gasteiger partial charge in [-0.05, 0) is 59.7 Å². The zero-order chi connectivity index (χ0) is 25.0. The van der Waals surface area contributed by atoms with Gasteiger partial charge in [-0.3, -0.25) is 9.59 Å². The highest BCUT2D eigenvalue weighted by Gasteiger charge is 2.43. The minimum absolute atomic E-state index is 0.0217. The summed E-state index contributed by atoms with van der Waals surface area (Å²) in [6.07, 6.45) is 0.131. The van der Waals surface area contributed by atoms with Gasteiger partial charge in [0.25, 0.3) is 0 Å². The minimum atomic E-state index is -0.908. The topological polar surface area (TPSA) is 106 Å². The van der Waals surface area contributed by atoms with Gasteiger partial charge in [-0.2, -0.15) is 0 Å². The number of carbonyl (C=O) groups excluding carboxylic acids is 2. The quantitative estimate of drug-likeness (QED) is 0.604. The van der Waals surface area contributed by atoms with Gasteiger partial charge >= 0.3 is 5.97 Å². The zero-order valence-corrected chi connectivity index (χ0v) is 21.3. The first kappa shape index (κ1) is 27.9. The van der Waals surface area contributed by atoms with Crippen molar-refractivity contribution in [2.75, 3.05) is 14.1 Å². The van der Waals surface area contributed by atoms with Gasteiger partial charge in [-0.1, -0.05) is 26.8 Å². The Balaban J connectivity index is 2.35. The normalized spacial score (nSPS) is 43.4. The Labute approximate surface area is 198 Å². The number of aliphatic hydroxyl groups excluding tert-OH is 2. The van der Waals surface area contributed by atoms with Crippen molar-refractivity contribution in [3.63, 3.8) is 0 Å². The Hall–Kier alpha value is -1.32. The van der Waals surface area contributed by atoms with E-state index in [1.54, 1.807) is 26.8 Å². The molecular weight excluding hydrogens is 426 g/mol. The van der Waals surface area contributed by atoms with Gasteiger partial charge in [0.05, 0.1) is 24.2 Å². The summed E-state index contributed by atoms with van der Waals surface area (Å²) in [6, 6.07) is -0.145. The van der Waals surface area contributed by atoms with E-state index in [0.29, 0.717) is 12.8 Å². The number of nitrogens with zero attached hydrogens (tertiary/aromatic N) is 1. The number of hydrogen-bond acceptors (Lipinski definition) is 8. The largest absolute Gasteiger partial charge is 0.459 e. The first-order valence-corrected chi connectivity index (χ1v) is 12.1. The van der Waals surface area contributed by atoms with Gasteiger partial charge in [0.15, 0.2) is 12.1 Å². The molecule has 2 rings (SSSR count). The second-order valence-corrected chi connectivity index (χ2v) is 10.3. The van der Waals surface area contributed by atoms with Gasteiger partial charge < -0.3 is 29.3 Å². The molecule has 11 atom stereocenters. The van der Waals surface area contributed by atoms with E-state index in [0.717, 1.165) is 0 Å². The molecule has 0 saturated carbocycles. The summed E-state index contributed by atoms with van der Waals surface area (Å²) >= 11 is 0. The lowest BCUT2D eigenvalue weighted by Gasteiger charge is -2.43. The lowest BCUT2D eigenvalue weighted by atomic mass is 9.84. The number of carbonyl (C=O) groups is 2. The fourth-order valence-corrected chi connectivity index (χ4v) is 4.90. The molecule has 0 unspecified atom stereocenters. The number of hydrogen-bond donors (Lipinski definition) is 2. The van der Waals surface area contributed by atoms with Gasteiger partial charge in [0, 0.05) is 17.9 Å². The van der Waals surface area contributed by atoms with E-state index in [9.17, 15) is 19.8 Å². The third-order valence-corrected chi connectivity index (χ3v) is 7.01. The maximum Gasteiger partial charge on any atom is 0.311 e. The van der Waals surface area contributed by atoms with Crippen LogP contribution < -0.4 is 0 Å². The van der Waals surface area contributed by atoms with Crippen molar-refractivity contribution >= 4 is 11.8 Å². The highest BCUT2D eigenvalue weighted by Crippen LogP contribution is 2.32. The van der Waals surface area contributed by atoms with Crippen molar-refractivity contribution in [1.29, 1.82) is 0 Å². The van der Waals surface area contributed by atoms with Gasteiger partial charge in [-0.15, -0.1) is 0 Å². The standard InChI is InChI=1S/C25H43NO7/c1-13-9-10-20(28)14(2)11-15(3)22(17(5)24(30)32-23(13)18(6)27)33-25-21(29)19(26(7)8)12-16(4)31-25/h9-10,13-19,21-23,25,27,29H,11-12H2,1-8H3/b10-9-/t13-,14-,15+,16-,17-,18-,19+,21-,22+,23+,25+/m1/s1. The highest BCUT2D eigenvalue weighted by atomic mass is 16.7. The molecule has 1 fully saturated rings. The lowest BCUT2D eigenvalue weighted by molar-refractivity contribution is -0.279. The number of cyclic esters (lactones) is 1. The smallest absolute Gasteiger partial charge is 0.311 e. The first-order valence-electron chi connectivity index (χ1n) is 12.1. The van der Waals surface area contributed by atoms with E-state index in [-0.39, 0.29) is 35.7 Å². The van der Waals surface area contributed by atoms with Crippen LogP contribution in [-0.4, -0.2) is 83.8 Å². The summed E-state index contributed by atoms with van der Waals surface area (Å²) in [7, 11) is 3.81. The number of ketones is 1. The fourth-order valence-electron chi connectivity index (χ4n) is 4.90. The Morgan fingerprint density at radius 1 is 1.12 bits per heavy atom. The molecule has 0 aromatic heterocycles. The maximum absolute atomic E-state index is 13.1. The number of aliphatic hydroxyl groups is 2. The summed E-state index contributed by atoms with van der Waals surface area (Å²) in [5.41, 5.74) is 0. The van der Waals surface area contributed by atoms with Crippen LogP contribution in [0.15, 0.2) is 12.2 Å². The van der Waals surface area contributed by atoms with E-state index < -0.39 is 42.6 Å². The Kier molecular flexibility index (Phi) is 10.1. The van der Waals surface area contributed by atoms with Crippen LogP contribution in [-0.2, 0) is 23.8 Å². The molecule has 0 aromatic rings. The molecule has 2 N–H and O–H groups in total. The summed E-state index contributed by atoms with van der Waals surface area (Å²) in [4.78, 5) is 27.8. The Bertz CT molecular complexity index is 694. The van der Waals surface area contributed by atoms with Crippen molar-refractivity contribution in [1.82, 2.24) is 4.90 Å². The Morgan fingerprint density at radius 2 is 1.76 bits per heavy atom. The summed E-state index contributed by atoms with van der Waals surface area (Å²) in [5, 5.41) is 21.1. The SMILES string of the molecule is C[C@@H]1C[C@H](N(C)C)[C@@H](O)[C@H](O[C@H]2[C@@H](C)C[C@@H](C)C(=O)/C=C\[C@@H](C)[C@@H]([C@@H](C)O)OC(=O)[C@@H]2C)O1. The minimum Gasteiger partial charge on any atom is -0.459 e. The van der Waals surface area contributed by atoms with Gasteiger partial charge in [-0.25, -0.2) is 0 Å². The average Bonchev–Trinajstić information content (AvgIpc) is 2.73. The monoisotopic (exact) mass is 469 g/mol. The summed E-state index contributed by atoms with van der Waals surface area (Å²) in [6.45, 7) is 10.8. The van der Waals surface area contributed by atoms with Crippen LogP contribution in [0.4, 0.5) is 0 Å². The first-order chi connectivity index (χ1) is 15.3. The second kappa shape index (κ2) is 11.9. The molecule has 2 aliphatic rings. The maximum atomic E-state index is 13.1. The number of likely N-dealkylation sites (N-methyl/N-ethyl adjacent to an activating group) is 1. The molecule has 190 valence electrons. The molecule has 0 aromatic carbocycles. The fraction of sp³-hybridized carbons (Fsp3) is 0.840. The van der Waals surface area contributed by atoms with Crippen molar-refractivity contribution in [2.45, 2.75) is 97.2 Å². The van der Waals surface area contributed by atoms with Crippen LogP contribution in [0.5, 0.6) is 0 Å². The van der Waals surface area contributed by atoms with Crippen LogP contribution >= 0.6 is 0 Å². The number of esters is 1. The molecule has 8 nitrogen and oxygen atoms in total. The predicted molar refractivity (Wildman–Crippen MR) is 124 cm³/mol. The van der Waals surface area contributed by atoms with Crippen LogP contribution in [0.3, 0.4) is 0 Å². The van der Waals surface area contributed by atoms with Gasteiger partial charge in [0.1, 0.15) is 12.2 Å². The number of allylic oxidation sites excluding steroid dienone is 1. The summed E-state index contributed by atoms with van der Waals surface area (Å²) in [5.74, 6) is -1.99. The molecule has 2 heterocycles. The average molecular weight is 470 g/mol. The van der Waals surface area contributed by atoms with Crippen LogP contribution in [0.25, 0.3) is 0 Å². The predicted octanol–water partition coefficient (Wildman–Crippen LogP) is 2.16. The van der Waals surface area contributed by atoms with Crippen molar-refractivity contribution < 1.29 is 34.0 Å². The Morgan fingerprint density at radius 3 is 2.33 bits per heavy atom. The molecule has 0 aliphatic carbocycles. The molecule has 0 radical (unpaired) electrons. The van der Waals surface area contributed by atoms with E-state index in [1.807, 2.05) is 39.8 Å².